The van der Waals surface area contributed by atoms with Gasteiger partial charge in [-0.05, 0) is 127 Å². The predicted molar refractivity (Wildman–Crippen MR) is 191 cm³/mol. The summed E-state index contributed by atoms with van der Waals surface area (Å²) in [4.78, 5) is 47.5. The van der Waals surface area contributed by atoms with Gasteiger partial charge in [-0.1, -0.05) is 31.0 Å². The second-order valence-electron chi connectivity index (χ2n) is 15.5. The fourth-order valence-electron chi connectivity index (χ4n) is 8.44. The normalized spacial score (nSPS) is 22.7. The molecule has 0 radical (unpaired) electrons. The second-order valence-corrected chi connectivity index (χ2v) is 16.6. The van der Waals surface area contributed by atoms with Crippen LogP contribution in [-0.2, 0) is 26.2 Å². The number of primary amides is 1. The summed E-state index contributed by atoms with van der Waals surface area (Å²) in [5.74, 6) is 0.633. The molecule has 9 heteroatoms. The van der Waals surface area contributed by atoms with Gasteiger partial charge >= 0.3 is 0 Å². The summed E-state index contributed by atoms with van der Waals surface area (Å²) >= 11 is 1.74. The molecule has 2 amide bonds. The monoisotopic (exact) mass is 659 g/mol. The van der Waals surface area contributed by atoms with Crippen LogP contribution in [0.2, 0.25) is 0 Å². The highest BCUT2D eigenvalue weighted by Gasteiger charge is 2.50. The number of amides is 2. The van der Waals surface area contributed by atoms with Gasteiger partial charge in [-0.25, -0.2) is 0 Å². The fraction of sp³-hybridized carbons (Fsp3) is 0.605. The molecular weight excluding hydrogens is 607 g/mol. The van der Waals surface area contributed by atoms with Crippen LogP contribution in [-0.4, -0.2) is 65.7 Å². The lowest BCUT2D eigenvalue weighted by Crippen LogP contribution is -2.49. The maximum absolute atomic E-state index is 14.0. The third-order valence-electron chi connectivity index (χ3n) is 11.1. The molecule has 0 spiro atoms. The number of hydrogen-bond acceptors (Lipinski definition) is 6. The first-order valence-corrected chi connectivity index (χ1v) is 18.5. The fourth-order valence-corrected chi connectivity index (χ4v) is 9.64. The van der Waals surface area contributed by atoms with E-state index < -0.39 is 17.4 Å². The van der Waals surface area contributed by atoms with Gasteiger partial charge in [0.2, 0.25) is 11.8 Å². The highest BCUT2D eigenvalue weighted by Crippen LogP contribution is 2.45. The van der Waals surface area contributed by atoms with E-state index in [1.54, 1.807) is 11.3 Å². The summed E-state index contributed by atoms with van der Waals surface area (Å²) in [6.07, 6.45) is 5.23. The molecule has 3 fully saturated rings. The standard InChI is InChI=1S/C38H53N5O3S/c1-21(2)15-30(35(39)45)41-36(46)24-9-12-43(13-10-24)14-11-27-28-19-31(38(5,6)34(44)32-25-7-8-29(32)40-20-25)47-37(28)42-33(27)26-17-22(3)16-23(4)18-26/h16-19,21,24-25,29-30,32,40,42H,7-15,20H2,1-6H3,(H2,39,45)(H,41,46). The van der Waals surface area contributed by atoms with Crippen LogP contribution in [0.3, 0.4) is 0 Å². The zero-order chi connectivity index (χ0) is 33.6. The topological polar surface area (TPSA) is 120 Å². The molecule has 4 atom stereocenters. The van der Waals surface area contributed by atoms with Crippen LogP contribution >= 0.6 is 11.3 Å². The van der Waals surface area contributed by atoms with Gasteiger partial charge in [-0.3, -0.25) is 14.4 Å². The molecule has 1 aliphatic carbocycles. The van der Waals surface area contributed by atoms with Gasteiger partial charge in [0.1, 0.15) is 16.7 Å². The average molecular weight is 660 g/mol. The number of rotatable bonds is 12. The minimum Gasteiger partial charge on any atom is -0.368 e. The van der Waals surface area contributed by atoms with Gasteiger partial charge in [-0.15, -0.1) is 11.3 Å². The smallest absolute Gasteiger partial charge is 0.240 e. The molecular formula is C38H53N5O3S. The van der Waals surface area contributed by atoms with E-state index in [0.29, 0.717) is 24.2 Å². The van der Waals surface area contributed by atoms with E-state index in [2.05, 4.69) is 72.5 Å². The van der Waals surface area contributed by atoms with E-state index in [1.807, 2.05) is 13.8 Å². The molecule has 3 aromatic rings. The average Bonchev–Trinajstić information content (AvgIpc) is 3.79. The van der Waals surface area contributed by atoms with Gasteiger partial charge in [0, 0.05) is 34.7 Å². The first-order valence-electron chi connectivity index (χ1n) is 17.6. The number of piperidine rings is 2. The molecule has 4 unspecified atom stereocenters. The Morgan fingerprint density at radius 2 is 1.74 bits per heavy atom. The van der Waals surface area contributed by atoms with Crippen molar-refractivity contribution in [2.24, 2.45) is 29.4 Å². The zero-order valence-electron chi connectivity index (χ0n) is 29.0. The third kappa shape index (κ3) is 6.94. The van der Waals surface area contributed by atoms with Crippen LogP contribution in [0.15, 0.2) is 24.3 Å². The first-order chi connectivity index (χ1) is 22.3. The maximum atomic E-state index is 14.0. The Hall–Kier alpha value is -3.01. The van der Waals surface area contributed by atoms with Crippen LogP contribution in [0, 0.1) is 37.5 Å². The molecule has 3 aliphatic rings. The number of aryl methyl sites for hydroxylation is 2. The van der Waals surface area contributed by atoms with Crippen molar-refractivity contribution in [2.75, 3.05) is 26.2 Å². The van der Waals surface area contributed by atoms with E-state index in [9.17, 15) is 14.4 Å². The molecule has 254 valence electrons. The van der Waals surface area contributed by atoms with Crippen molar-refractivity contribution >= 4 is 39.2 Å². The van der Waals surface area contributed by atoms with Crippen LogP contribution in [0.1, 0.15) is 81.4 Å². The van der Waals surface area contributed by atoms with Crippen molar-refractivity contribution in [3.63, 3.8) is 0 Å². The van der Waals surface area contributed by atoms with Crippen molar-refractivity contribution in [2.45, 2.75) is 97.6 Å². The maximum Gasteiger partial charge on any atom is 0.240 e. The number of benzene rings is 1. The van der Waals surface area contributed by atoms with Crippen LogP contribution in [0.5, 0.6) is 0 Å². The van der Waals surface area contributed by atoms with Crippen molar-refractivity contribution in [3.05, 3.63) is 45.8 Å². The highest BCUT2D eigenvalue weighted by molar-refractivity contribution is 7.19. The number of ketones is 1. The molecule has 2 bridgehead atoms. The number of hydrogen-bond donors (Lipinski definition) is 4. The largest absolute Gasteiger partial charge is 0.368 e. The Bertz CT molecular complexity index is 1610. The number of fused-ring (bicyclic) bond motifs is 3. The first kappa shape index (κ1) is 33.9. The molecule has 1 aromatic carbocycles. The highest BCUT2D eigenvalue weighted by atomic mass is 32.1. The summed E-state index contributed by atoms with van der Waals surface area (Å²) in [6.45, 7) is 16.1. The summed E-state index contributed by atoms with van der Waals surface area (Å²) in [6, 6.07) is 8.74. The quantitative estimate of drug-likeness (QED) is 0.201. The van der Waals surface area contributed by atoms with Gasteiger partial charge in [0.15, 0.2) is 0 Å². The number of thiophene rings is 1. The Morgan fingerprint density at radius 1 is 1.04 bits per heavy atom. The Labute approximate surface area is 283 Å². The minimum absolute atomic E-state index is 0.0529. The SMILES string of the molecule is Cc1cc(C)cc(-c2[nH]c3sc(C(C)(C)C(=O)C4C5CCC4NC5)cc3c2CCN2CCC(C(=O)NC(CC(C)C)C(N)=O)CC2)c1. The Balaban J connectivity index is 1.19. The van der Waals surface area contributed by atoms with Gasteiger partial charge in [-0.2, -0.15) is 0 Å². The summed E-state index contributed by atoms with van der Waals surface area (Å²) in [5, 5.41) is 7.74. The summed E-state index contributed by atoms with van der Waals surface area (Å²) in [7, 11) is 0. The van der Waals surface area contributed by atoms with E-state index >= 15 is 0 Å². The lowest BCUT2D eigenvalue weighted by Gasteiger charge is -2.32. The zero-order valence-corrected chi connectivity index (χ0v) is 29.8. The number of aromatic nitrogens is 1. The van der Waals surface area contributed by atoms with Crippen molar-refractivity contribution in [1.82, 2.24) is 20.5 Å². The lowest BCUT2D eigenvalue weighted by molar-refractivity contribution is -0.131. The number of carbonyl (C=O) groups excluding carboxylic acids is 3. The Kier molecular flexibility index (Phi) is 9.71. The molecule has 8 nitrogen and oxygen atoms in total. The predicted octanol–water partition coefficient (Wildman–Crippen LogP) is 5.63. The minimum atomic E-state index is -0.610. The molecule has 6 rings (SSSR count). The summed E-state index contributed by atoms with van der Waals surface area (Å²) in [5.41, 5.74) is 11.2. The van der Waals surface area contributed by atoms with Crippen LogP contribution in [0.25, 0.3) is 21.5 Å². The van der Waals surface area contributed by atoms with E-state index in [0.717, 1.165) is 68.0 Å². The lowest BCUT2D eigenvalue weighted by atomic mass is 9.76. The molecule has 2 saturated heterocycles. The second kappa shape index (κ2) is 13.5. The molecule has 47 heavy (non-hydrogen) atoms. The number of H-pyrrole nitrogens is 1. The van der Waals surface area contributed by atoms with Crippen molar-refractivity contribution < 1.29 is 14.4 Å². The molecule has 2 aliphatic heterocycles. The number of nitrogens with one attached hydrogen (secondary N) is 3. The summed E-state index contributed by atoms with van der Waals surface area (Å²) < 4.78 is 0. The number of aromatic amines is 1. The number of nitrogens with two attached hydrogens (primary N) is 1. The molecule has 2 aromatic heterocycles. The van der Waals surface area contributed by atoms with Crippen LogP contribution in [0.4, 0.5) is 0 Å². The van der Waals surface area contributed by atoms with Crippen molar-refractivity contribution in [3.8, 4) is 11.3 Å². The molecule has 4 heterocycles. The van der Waals surface area contributed by atoms with Crippen molar-refractivity contribution in [1.29, 1.82) is 0 Å². The number of nitrogens with zero attached hydrogens (tertiary/aromatic N) is 1. The van der Waals surface area contributed by atoms with E-state index in [-0.39, 0.29) is 23.7 Å². The van der Waals surface area contributed by atoms with Crippen LogP contribution < -0.4 is 16.4 Å². The Morgan fingerprint density at radius 3 is 2.32 bits per heavy atom. The number of Topliss-reactive ketones (excluding diaryl/α,β-unsaturated/α-hetero) is 1. The molecule has 5 N–H and O–H groups in total. The van der Waals surface area contributed by atoms with Gasteiger partial charge in [0.05, 0.1) is 11.1 Å². The van der Waals surface area contributed by atoms with Gasteiger partial charge < -0.3 is 26.3 Å². The molecule has 1 saturated carbocycles. The van der Waals surface area contributed by atoms with Gasteiger partial charge in [0.25, 0.3) is 0 Å². The number of likely N-dealkylation sites (tertiary alicyclic amines) is 1. The number of carbonyl (C=O) groups is 3. The van der Waals surface area contributed by atoms with E-state index in [4.69, 9.17) is 5.73 Å². The van der Waals surface area contributed by atoms with E-state index in [1.165, 1.54) is 33.3 Å². The third-order valence-corrected chi connectivity index (χ3v) is 12.5.